The Morgan fingerprint density at radius 1 is 0.968 bits per heavy atom. The Balaban J connectivity index is 1.21. The highest BCUT2D eigenvalue weighted by Crippen LogP contribution is 2.24. The number of ether oxygens (including phenoxy) is 2. The number of piperazine rings is 1. The van der Waals surface area contributed by atoms with Crippen molar-refractivity contribution in [3.05, 3.63) is 65.7 Å². The van der Waals surface area contributed by atoms with Crippen LogP contribution in [0.5, 0.6) is 11.5 Å². The normalized spacial score (nSPS) is 14.4. The molecule has 1 aliphatic rings. The van der Waals surface area contributed by atoms with Crippen molar-refractivity contribution in [2.75, 3.05) is 39.4 Å². The highest BCUT2D eigenvalue weighted by molar-refractivity contribution is 7.13. The number of aromatic nitrogens is 1. The number of benzene rings is 2. The fourth-order valence-corrected chi connectivity index (χ4v) is 4.33. The van der Waals surface area contributed by atoms with Gasteiger partial charge in [-0.25, -0.2) is 4.98 Å². The van der Waals surface area contributed by atoms with Crippen LogP contribution in [0.3, 0.4) is 0 Å². The maximum absolute atomic E-state index is 12.5. The summed E-state index contributed by atoms with van der Waals surface area (Å²) in [5, 5.41) is 3.18. The smallest absolute Gasteiger partial charge is 0.260 e. The van der Waals surface area contributed by atoms with Crippen LogP contribution in [0.25, 0.3) is 10.6 Å². The van der Waals surface area contributed by atoms with Gasteiger partial charge in [0.2, 0.25) is 0 Å². The topological polar surface area (TPSA) is 54.9 Å². The maximum Gasteiger partial charge on any atom is 0.260 e. The molecule has 0 N–H and O–H groups in total. The molecule has 0 atom stereocenters. The second kappa shape index (κ2) is 10.4. The van der Waals surface area contributed by atoms with Gasteiger partial charge in [-0.15, -0.1) is 11.3 Å². The zero-order valence-corrected chi connectivity index (χ0v) is 18.5. The quantitative estimate of drug-likeness (QED) is 0.534. The molecule has 6 nitrogen and oxygen atoms in total. The molecule has 31 heavy (non-hydrogen) atoms. The van der Waals surface area contributed by atoms with E-state index >= 15 is 0 Å². The van der Waals surface area contributed by atoms with Gasteiger partial charge in [0.15, 0.2) is 6.61 Å². The van der Waals surface area contributed by atoms with Crippen LogP contribution in [0, 0.1) is 0 Å². The highest BCUT2D eigenvalue weighted by atomic mass is 32.1. The molecule has 0 aliphatic carbocycles. The molecule has 1 aliphatic heterocycles. The summed E-state index contributed by atoms with van der Waals surface area (Å²) in [7, 11) is 0. The second-order valence-corrected chi connectivity index (χ2v) is 8.22. The summed E-state index contributed by atoms with van der Waals surface area (Å²) in [5.41, 5.74) is 2.24. The fraction of sp³-hybridized carbons (Fsp3) is 0.333. The molecule has 1 saturated heterocycles. The van der Waals surface area contributed by atoms with Crippen molar-refractivity contribution < 1.29 is 14.3 Å². The third-order valence-electron chi connectivity index (χ3n) is 5.18. The van der Waals surface area contributed by atoms with Crippen LogP contribution >= 0.6 is 11.3 Å². The van der Waals surface area contributed by atoms with E-state index in [0.29, 0.717) is 25.4 Å². The Labute approximate surface area is 187 Å². The van der Waals surface area contributed by atoms with Gasteiger partial charge in [0, 0.05) is 43.7 Å². The number of hydrogen-bond acceptors (Lipinski definition) is 6. The SMILES string of the molecule is CCOc1ccc(OCC(=O)N2CCN(Cc3csc(-c4ccccc4)n3)CC2)cc1. The average Bonchev–Trinajstić information content (AvgIpc) is 3.28. The number of nitrogens with zero attached hydrogens (tertiary/aromatic N) is 3. The van der Waals surface area contributed by atoms with Crippen LogP contribution in [0.4, 0.5) is 0 Å². The number of carbonyl (C=O) groups is 1. The van der Waals surface area contributed by atoms with Gasteiger partial charge in [0.25, 0.3) is 5.91 Å². The minimum atomic E-state index is 0.0218. The molecular weight excluding hydrogens is 410 g/mol. The number of thiazole rings is 1. The molecule has 3 aromatic rings. The molecule has 1 amide bonds. The first kappa shape index (κ1) is 21.3. The predicted octanol–water partition coefficient (Wildman–Crippen LogP) is 3.93. The van der Waals surface area contributed by atoms with Crippen molar-refractivity contribution in [3.63, 3.8) is 0 Å². The Bertz CT molecular complexity index is 967. The zero-order valence-electron chi connectivity index (χ0n) is 17.7. The summed E-state index contributed by atoms with van der Waals surface area (Å²) >= 11 is 1.68. The summed E-state index contributed by atoms with van der Waals surface area (Å²) in [6.07, 6.45) is 0. The van der Waals surface area contributed by atoms with Gasteiger partial charge < -0.3 is 14.4 Å². The molecule has 4 rings (SSSR count). The van der Waals surface area contributed by atoms with E-state index in [-0.39, 0.29) is 12.5 Å². The Hall–Kier alpha value is -2.90. The zero-order chi connectivity index (χ0) is 21.5. The molecular formula is C24H27N3O3S. The lowest BCUT2D eigenvalue weighted by Gasteiger charge is -2.34. The first-order valence-corrected chi connectivity index (χ1v) is 11.4. The lowest BCUT2D eigenvalue weighted by atomic mass is 10.2. The number of rotatable bonds is 8. The standard InChI is InChI=1S/C24H27N3O3S/c1-2-29-21-8-10-22(11-9-21)30-17-23(28)27-14-12-26(13-15-27)16-20-18-31-24(25-20)19-6-4-3-5-7-19/h3-11,18H,2,12-17H2,1H3. The van der Waals surface area contributed by atoms with Crippen molar-refractivity contribution in [1.29, 1.82) is 0 Å². The van der Waals surface area contributed by atoms with Crippen molar-refractivity contribution >= 4 is 17.2 Å². The van der Waals surface area contributed by atoms with Gasteiger partial charge in [-0.2, -0.15) is 0 Å². The average molecular weight is 438 g/mol. The van der Waals surface area contributed by atoms with Gasteiger partial charge in [-0.05, 0) is 31.2 Å². The van der Waals surface area contributed by atoms with Crippen LogP contribution in [-0.2, 0) is 11.3 Å². The van der Waals surface area contributed by atoms with Gasteiger partial charge >= 0.3 is 0 Å². The molecule has 2 heterocycles. The lowest BCUT2D eigenvalue weighted by Crippen LogP contribution is -2.49. The molecule has 1 fully saturated rings. The van der Waals surface area contributed by atoms with Crippen LogP contribution in [0.15, 0.2) is 60.0 Å². The molecule has 0 saturated carbocycles. The van der Waals surface area contributed by atoms with Crippen molar-refractivity contribution in [1.82, 2.24) is 14.8 Å². The molecule has 0 radical (unpaired) electrons. The van der Waals surface area contributed by atoms with E-state index in [0.717, 1.165) is 41.6 Å². The summed E-state index contributed by atoms with van der Waals surface area (Å²) in [6.45, 7) is 6.54. The van der Waals surface area contributed by atoms with E-state index in [2.05, 4.69) is 22.4 Å². The van der Waals surface area contributed by atoms with Crippen LogP contribution < -0.4 is 9.47 Å². The fourth-order valence-electron chi connectivity index (χ4n) is 3.51. The summed E-state index contributed by atoms with van der Waals surface area (Å²) < 4.78 is 11.1. The van der Waals surface area contributed by atoms with Crippen LogP contribution in [0.1, 0.15) is 12.6 Å². The second-order valence-electron chi connectivity index (χ2n) is 7.36. The summed E-state index contributed by atoms with van der Waals surface area (Å²) in [5.74, 6) is 1.50. The number of carbonyl (C=O) groups excluding carboxylic acids is 1. The first-order valence-electron chi connectivity index (χ1n) is 10.6. The van der Waals surface area contributed by atoms with E-state index in [1.807, 2.05) is 54.3 Å². The number of amides is 1. The molecule has 0 bridgehead atoms. The largest absolute Gasteiger partial charge is 0.494 e. The van der Waals surface area contributed by atoms with E-state index in [1.54, 1.807) is 11.3 Å². The monoisotopic (exact) mass is 437 g/mol. The minimum absolute atomic E-state index is 0.0218. The Morgan fingerprint density at radius 2 is 1.65 bits per heavy atom. The lowest BCUT2D eigenvalue weighted by molar-refractivity contribution is -0.135. The minimum Gasteiger partial charge on any atom is -0.494 e. The molecule has 0 spiro atoms. The highest BCUT2D eigenvalue weighted by Gasteiger charge is 2.22. The van der Waals surface area contributed by atoms with E-state index in [1.165, 1.54) is 0 Å². The summed E-state index contributed by atoms with van der Waals surface area (Å²) in [4.78, 5) is 21.5. The third-order valence-corrected chi connectivity index (χ3v) is 6.12. The van der Waals surface area contributed by atoms with Crippen molar-refractivity contribution in [2.24, 2.45) is 0 Å². The van der Waals surface area contributed by atoms with Gasteiger partial charge in [0.1, 0.15) is 16.5 Å². The Kier molecular flexibility index (Phi) is 7.17. The molecule has 7 heteroatoms. The van der Waals surface area contributed by atoms with E-state index in [4.69, 9.17) is 14.5 Å². The number of hydrogen-bond donors (Lipinski definition) is 0. The molecule has 0 unspecified atom stereocenters. The van der Waals surface area contributed by atoms with Gasteiger partial charge in [0.05, 0.1) is 12.3 Å². The molecule has 2 aromatic carbocycles. The van der Waals surface area contributed by atoms with E-state index in [9.17, 15) is 4.79 Å². The van der Waals surface area contributed by atoms with Crippen LogP contribution in [-0.4, -0.2) is 60.1 Å². The van der Waals surface area contributed by atoms with Gasteiger partial charge in [-0.3, -0.25) is 9.69 Å². The van der Waals surface area contributed by atoms with E-state index < -0.39 is 0 Å². The van der Waals surface area contributed by atoms with Crippen molar-refractivity contribution in [2.45, 2.75) is 13.5 Å². The molecule has 1 aromatic heterocycles. The summed E-state index contributed by atoms with van der Waals surface area (Å²) in [6, 6.07) is 17.6. The molecule has 162 valence electrons. The Morgan fingerprint density at radius 3 is 2.32 bits per heavy atom. The first-order chi connectivity index (χ1) is 15.2. The van der Waals surface area contributed by atoms with Crippen molar-refractivity contribution in [3.8, 4) is 22.1 Å². The predicted molar refractivity (Wildman–Crippen MR) is 123 cm³/mol. The third kappa shape index (κ3) is 5.83. The maximum atomic E-state index is 12.5. The van der Waals surface area contributed by atoms with Gasteiger partial charge in [-0.1, -0.05) is 30.3 Å². The van der Waals surface area contributed by atoms with Crippen LogP contribution in [0.2, 0.25) is 0 Å².